The minimum Gasteiger partial charge on any atom is -0.491 e. The van der Waals surface area contributed by atoms with E-state index in [2.05, 4.69) is 4.99 Å². The van der Waals surface area contributed by atoms with E-state index in [1.54, 1.807) is 25.7 Å². The molecule has 1 atom stereocenters. The van der Waals surface area contributed by atoms with Crippen molar-refractivity contribution in [3.63, 3.8) is 0 Å². The normalized spacial score (nSPS) is 20.5. The van der Waals surface area contributed by atoms with Crippen LogP contribution in [0, 0.1) is 5.92 Å². The molecule has 1 aliphatic heterocycles. The first-order chi connectivity index (χ1) is 11.5. The van der Waals surface area contributed by atoms with Gasteiger partial charge in [-0.15, -0.1) is 0 Å². The summed E-state index contributed by atoms with van der Waals surface area (Å²) in [4.78, 5) is 17.0. The van der Waals surface area contributed by atoms with Gasteiger partial charge in [0.15, 0.2) is 5.71 Å². The average Bonchev–Trinajstić information content (AvgIpc) is 2.48. The van der Waals surface area contributed by atoms with Crippen LogP contribution < -0.4 is 0 Å². The van der Waals surface area contributed by atoms with Crippen molar-refractivity contribution in [3.8, 4) is 0 Å². The quantitative estimate of drug-likeness (QED) is 0.555. The number of alkyl halides is 3. The summed E-state index contributed by atoms with van der Waals surface area (Å²) in [5.74, 6) is -0.341. The number of carbonyl (C=O) groups is 1. The Morgan fingerprint density at radius 1 is 1.32 bits per heavy atom. The molecule has 1 amide bonds. The number of halogens is 3. The number of likely N-dealkylation sites (tertiary alicyclic amines) is 1. The summed E-state index contributed by atoms with van der Waals surface area (Å²) in [6.45, 7) is 7.90. The molecule has 8 heteroatoms. The van der Waals surface area contributed by atoms with Gasteiger partial charge in [-0.05, 0) is 46.6 Å². The van der Waals surface area contributed by atoms with Gasteiger partial charge in [-0.2, -0.15) is 13.2 Å². The van der Waals surface area contributed by atoms with E-state index in [1.165, 1.54) is 13.0 Å². The summed E-state index contributed by atoms with van der Waals surface area (Å²) in [5.41, 5.74) is -1.62. The fourth-order valence-corrected chi connectivity index (χ4v) is 2.57. The van der Waals surface area contributed by atoms with Gasteiger partial charge in [-0.3, -0.25) is 4.99 Å². The number of hydrogen-bond acceptors (Lipinski definition) is 4. The number of piperidine rings is 1. The van der Waals surface area contributed by atoms with Crippen LogP contribution in [0.25, 0.3) is 0 Å². The zero-order valence-electron chi connectivity index (χ0n) is 15.4. The zero-order valence-corrected chi connectivity index (χ0v) is 15.4. The largest absolute Gasteiger partial charge is 0.491 e. The number of allylic oxidation sites excluding steroid dienone is 2. The molecule has 0 aliphatic carbocycles. The van der Waals surface area contributed by atoms with E-state index in [0.717, 1.165) is 19.9 Å². The number of amides is 1. The lowest BCUT2D eigenvalue weighted by Gasteiger charge is -2.34. The molecule has 1 aliphatic rings. The Labute approximate surface area is 146 Å². The average molecular weight is 364 g/mol. The van der Waals surface area contributed by atoms with Crippen LogP contribution in [0.2, 0.25) is 0 Å². The Hall–Kier alpha value is -1.73. The highest BCUT2D eigenvalue weighted by Gasteiger charge is 2.39. The zero-order chi connectivity index (χ0) is 19.3. The molecule has 5 nitrogen and oxygen atoms in total. The van der Waals surface area contributed by atoms with Gasteiger partial charge < -0.3 is 14.4 Å². The summed E-state index contributed by atoms with van der Waals surface area (Å²) in [6, 6.07) is 0. The second-order valence-corrected chi connectivity index (χ2v) is 6.97. The number of aliphatic imine (C=N–C) groups is 1. The summed E-state index contributed by atoms with van der Waals surface area (Å²) < 4.78 is 49.5. The van der Waals surface area contributed by atoms with Gasteiger partial charge in [0.1, 0.15) is 11.4 Å². The number of nitrogens with zero attached hydrogens (tertiary/aromatic N) is 2. The first-order valence-corrected chi connectivity index (χ1v) is 8.29. The highest BCUT2D eigenvalue weighted by atomic mass is 19.4. The summed E-state index contributed by atoms with van der Waals surface area (Å²) in [5, 5.41) is 0. The van der Waals surface area contributed by atoms with E-state index < -0.39 is 23.6 Å². The molecule has 0 aromatic rings. The SMILES string of the molecule is C/C=C(/OCC1CCCN(C(=O)OC(C)(C)C)C1)C(=NC)C(F)(F)F. The summed E-state index contributed by atoms with van der Waals surface area (Å²) >= 11 is 0. The van der Waals surface area contributed by atoms with Gasteiger partial charge in [0, 0.05) is 26.1 Å². The molecule has 0 aromatic heterocycles. The van der Waals surface area contributed by atoms with Crippen molar-refractivity contribution >= 4 is 11.8 Å². The molecule has 144 valence electrons. The number of hydrogen-bond donors (Lipinski definition) is 0. The lowest BCUT2D eigenvalue weighted by molar-refractivity contribution is -0.0611. The second kappa shape index (κ2) is 8.58. The van der Waals surface area contributed by atoms with E-state index in [-0.39, 0.29) is 18.3 Å². The standard InChI is InChI=1S/C17H27F3N2O3/c1-6-13(14(21-5)17(18,19)20)24-11-12-8-7-9-22(10-12)15(23)25-16(2,3)4/h6,12H,7-11H2,1-5H3/b13-6+,21-14?. The Morgan fingerprint density at radius 2 is 1.96 bits per heavy atom. The Bertz CT molecular complexity index is 522. The molecular formula is C17H27F3N2O3. The van der Waals surface area contributed by atoms with Crippen molar-refractivity contribution in [2.75, 3.05) is 26.7 Å². The van der Waals surface area contributed by atoms with Crippen molar-refractivity contribution in [3.05, 3.63) is 11.8 Å². The Morgan fingerprint density at radius 3 is 2.44 bits per heavy atom. The van der Waals surface area contributed by atoms with Gasteiger partial charge in [-0.25, -0.2) is 4.79 Å². The highest BCUT2D eigenvalue weighted by Crippen LogP contribution is 2.25. The van der Waals surface area contributed by atoms with E-state index in [4.69, 9.17) is 9.47 Å². The van der Waals surface area contributed by atoms with Crippen LogP contribution in [0.1, 0.15) is 40.5 Å². The van der Waals surface area contributed by atoms with Crippen LogP contribution in [0.5, 0.6) is 0 Å². The van der Waals surface area contributed by atoms with E-state index in [1.807, 2.05) is 0 Å². The molecule has 0 spiro atoms. The minimum atomic E-state index is -4.56. The van der Waals surface area contributed by atoms with Gasteiger partial charge in [0.2, 0.25) is 0 Å². The molecule has 25 heavy (non-hydrogen) atoms. The van der Waals surface area contributed by atoms with Crippen molar-refractivity contribution in [1.29, 1.82) is 0 Å². The molecule has 0 aromatic carbocycles. The maximum Gasteiger partial charge on any atom is 0.436 e. The number of carbonyl (C=O) groups excluding carboxylic acids is 1. The molecule has 1 heterocycles. The fraction of sp³-hybridized carbons (Fsp3) is 0.765. The third-order valence-corrected chi connectivity index (χ3v) is 3.63. The van der Waals surface area contributed by atoms with Crippen LogP contribution in [-0.2, 0) is 9.47 Å². The Balaban J connectivity index is 2.64. The maximum atomic E-state index is 12.9. The predicted octanol–water partition coefficient (Wildman–Crippen LogP) is 4.19. The first kappa shape index (κ1) is 21.3. The molecule has 0 saturated carbocycles. The van der Waals surface area contributed by atoms with Gasteiger partial charge in [0.05, 0.1) is 6.61 Å². The monoisotopic (exact) mass is 364 g/mol. The summed E-state index contributed by atoms with van der Waals surface area (Å²) in [6.07, 6.45) is -2.18. The van der Waals surface area contributed by atoms with E-state index in [9.17, 15) is 18.0 Å². The molecule has 1 unspecified atom stereocenters. The first-order valence-electron chi connectivity index (χ1n) is 8.29. The van der Waals surface area contributed by atoms with Crippen molar-refractivity contribution < 1.29 is 27.4 Å². The lowest BCUT2D eigenvalue weighted by Crippen LogP contribution is -2.44. The van der Waals surface area contributed by atoms with Crippen LogP contribution in [0.3, 0.4) is 0 Å². The molecular weight excluding hydrogens is 337 g/mol. The Kier molecular flexibility index (Phi) is 7.31. The maximum absolute atomic E-state index is 12.9. The second-order valence-electron chi connectivity index (χ2n) is 6.97. The van der Waals surface area contributed by atoms with Crippen LogP contribution in [0.4, 0.5) is 18.0 Å². The van der Waals surface area contributed by atoms with Crippen molar-refractivity contribution in [2.45, 2.75) is 52.3 Å². The van der Waals surface area contributed by atoms with Crippen molar-refractivity contribution in [2.24, 2.45) is 10.9 Å². The smallest absolute Gasteiger partial charge is 0.436 e. The minimum absolute atomic E-state index is 0.0532. The predicted molar refractivity (Wildman–Crippen MR) is 89.7 cm³/mol. The molecule has 0 bridgehead atoms. The molecule has 0 N–H and O–H groups in total. The summed E-state index contributed by atoms with van der Waals surface area (Å²) in [7, 11) is 1.08. The highest BCUT2D eigenvalue weighted by molar-refractivity contribution is 6.02. The van der Waals surface area contributed by atoms with E-state index >= 15 is 0 Å². The van der Waals surface area contributed by atoms with Gasteiger partial charge in [-0.1, -0.05) is 0 Å². The fourth-order valence-electron chi connectivity index (χ4n) is 2.57. The van der Waals surface area contributed by atoms with E-state index in [0.29, 0.717) is 13.1 Å². The topological polar surface area (TPSA) is 51.1 Å². The molecule has 1 fully saturated rings. The third kappa shape index (κ3) is 6.96. The third-order valence-electron chi connectivity index (χ3n) is 3.63. The lowest BCUT2D eigenvalue weighted by atomic mass is 9.99. The molecule has 1 saturated heterocycles. The molecule has 0 radical (unpaired) electrons. The van der Waals surface area contributed by atoms with Crippen LogP contribution in [-0.4, -0.2) is 55.2 Å². The van der Waals surface area contributed by atoms with Crippen LogP contribution in [0.15, 0.2) is 16.8 Å². The van der Waals surface area contributed by atoms with Crippen LogP contribution >= 0.6 is 0 Å². The van der Waals surface area contributed by atoms with Gasteiger partial charge in [0.25, 0.3) is 0 Å². The number of ether oxygens (including phenoxy) is 2. The van der Waals surface area contributed by atoms with Gasteiger partial charge >= 0.3 is 12.3 Å². The number of rotatable bonds is 4. The molecule has 1 rings (SSSR count). The van der Waals surface area contributed by atoms with Crippen molar-refractivity contribution in [1.82, 2.24) is 4.90 Å².